The average molecular weight is 331 g/mol. The van der Waals surface area contributed by atoms with E-state index < -0.39 is 5.54 Å². The molecule has 0 aliphatic heterocycles. The van der Waals surface area contributed by atoms with Crippen LogP contribution < -0.4 is 11.1 Å². The van der Waals surface area contributed by atoms with Gasteiger partial charge in [-0.15, -0.1) is 11.3 Å². The molecule has 1 aliphatic rings. The summed E-state index contributed by atoms with van der Waals surface area (Å²) < 4.78 is 0.609. The van der Waals surface area contributed by atoms with E-state index in [2.05, 4.69) is 5.32 Å². The minimum absolute atomic E-state index is 0.129. The molecule has 1 aromatic rings. The van der Waals surface area contributed by atoms with Gasteiger partial charge in [-0.25, -0.2) is 0 Å². The first kappa shape index (κ1) is 15.7. The normalized spacial score (nSPS) is 18.9. The van der Waals surface area contributed by atoms with Crippen LogP contribution in [0.1, 0.15) is 54.6 Å². The predicted molar refractivity (Wildman–Crippen MR) is 88.6 cm³/mol. The van der Waals surface area contributed by atoms with Gasteiger partial charge >= 0.3 is 0 Å². The van der Waals surface area contributed by atoms with Gasteiger partial charge in [0.2, 0.25) is 0 Å². The largest absolute Gasteiger partial charge is 0.391 e. The summed E-state index contributed by atoms with van der Waals surface area (Å²) >= 11 is 12.4. The number of nitrogens with one attached hydrogen (secondary N) is 1. The number of carbonyl (C=O) groups is 1. The molecule has 1 saturated carbocycles. The first-order chi connectivity index (χ1) is 9.53. The Kier molecular flexibility index (Phi) is 5.41. The first-order valence-electron chi connectivity index (χ1n) is 6.91. The molecule has 0 spiro atoms. The van der Waals surface area contributed by atoms with Gasteiger partial charge in [-0.05, 0) is 25.0 Å². The molecule has 3 N–H and O–H groups in total. The maximum absolute atomic E-state index is 12.4. The molecule has 1 aliphatic carbocycles. The summed E-state index contributed by atoms with van der Waals surface area (Å²) in [4.78, 5) is 13.4. The van der Waals surface area contributed by atoms with Crippen molar-refractivity contribution in [2.24, 2.45) is 5.73 Å². The maximum Gasteiger partial charge on any atom is 0.262 e. The Morgan fingerprint density at radius 2 is 1.85 bits per heavy atom. The molecule has 0 radical (unpaired) electrons. The summed E-state index contributed by atoms with van der Waals surface area (Å²) in [6.45, 7) is 0. The molecule has 1 fully saturated rings. The number of rotatable bonds is 3. The Balaban J connectivity index is 2.15. The summed E-state index contributed by atoms with van der Waals surface area (Å²) in [5, 5.41) is 3.08. The molecule has 1 aromatic heterocycles. The maximum atomic E-state index is 12.4. The molecule has 0 unspecified atom stereocenters. The number of hydrogen-bond acceptors (Lipinski definition) is 3. The van der Waals surface area contributed by atoms with Gasteiger partial charge in [0.1, 0.15) is 0 Å². The Bertz CT molecular complexity index is 493. The summed E-state index contributed by atoms with van der Waals surface area (Å²) in [5.41, 5.74) is 5.41. The van der Waals surface area contributed by atoms with Crippen LogP contribution >= 0.6 is 35.2 Å². The van der Waals surface area contributed by atoms with Gasteiger partial charge in [0, 0.05) is 0 Å². The second kappa shape index (κ2) is 6.87. The topological polar surface area (TPSA) is 55.1 Å². The van der Waals surface area contributed by atoms with Gasteiger partial charge in [0.05, 0.1) is 19.7 Å². The molecule has 1 heterocycles. The highest BCUT2D eigenvalue weighted by Crippen LogP contribution is 2.28. The second-order valence-electron chi connectivity index (χ2n) is 5.27. The van der Waals surface area contributed by atoms with E-state index in [1.54, 1.807) is 12.1 Å². The van der Waals surface area contributed by atoms with Crippen molar-refractivity contribution in [1.82, 2.24) is 5.32 Å². The third kappa shape index (κ3) is 3.71. The zero-order chi connectivity index (χ0) is 14.6. The third-order valence-corrected chi connectivity index (χ3v) is 5.45. The van der Waals surface area contributed by atoms with E-state index in [-0.39, 0.29) is 5.91 Å². The molecule has 110 valence electrons. The second-order valence-corrected chi connectivity index (χ2v) is 7.43. The summed E-state index contributed by atoms with van der Waals surface area (Å²) in [6.07, 6.45) is 7.34. The Morgan fingerprint density at radius 1 is 1.25 bits per heavy atom. The van der Waals surface area contributed by atoms with Crippen molar-refractivity contribution in [3.05, 3.63) is 21.3 Å². The van der Waals surface area contributed by atoms with Crippen LogP contribution in [-0.4, -0.2) is 16.4 Å². The Morgan fingerprint density at radius 3 is 2.35 bits per heavy atom. The van der Waals surface area contributed by atoms with E-state index in [1.165, 1.54) is 30.6 Å². The predicted octanol–water partition coefficient (Wildman–Crippen LogP) is 3.90. The molecule has 6 heteroatoms. The van der Waals surface area contributed by atoms with E-state index >= 15 is 0 Å². The first-order valence-corrected chi connectivity index (χ1v) is 8.51. The quantitative estimate of drug-likeness (QED) is 0.826. The Hall–Kier alpha value is -0.650. The minimum atomic E-state index is -0.538. The number of thiocarbonyl (C=S) groups is 1. The van der Waals surface area contributed by atoms with Crippen LogP contribution in [0.15, 0.2) is 12.1 Å². The standard InChI is InChI=1S/C14H19ClN2OS2/c15-11-7-6-10(20-11)12(18)17-14(13(16)19)8-4-2-1-3-5-9-14/h6-7H,1-5,8-9H2,(H2,16,19)(H,17,18). The van der Waals surface area contributed by atoms with Crippen LogP contribution in [0.4, 0.5) is 0 Å². The van der Waals surface area contributed by atoms with Crippen molar-refractivity contribution in [3.8, 4) is 0 Å². The smallest absolute Gasteiger partial charge is 0.262 e. The summed E-state index contributed by atoms with van der Waals surface area (Å²) in [6, 6.07) is 3.46. The lowest BCUT2D eigenvalue weighted by atomic mass is 9.83. The molecule has 0 aromatic carbocycles. The third-order valence-electron chi connectivity index (χ3n) is 3.83. The van der Waals surface area contributed by atoms with Crippen molar-refractivity contribution in [1.29, 1.82) is 0 Å². The van der Waals surface area contributed by atoms with E-state index in [9.17, 15) is 4.79 Å². The lowest BCUT2D eigenvalue weighted by molar-refractivity contribution is 0.0917. The van der Waals surface area contributed by atoms with Gasteiger partial charge in [-0.1, -0.05) is 55.9 Å². The van der Waals surface area contributed by atoms with E-state index in [0.717, 1.165) is 25.7 Å². The number of thiophene rings is 1. The molecule has 0 saturated heterocycles. The monoisotopic (exact) mass is 330 g/mol. The van der Waals surface area contributed by atoms with Crippen LogP contribution in [0, 0.1) is 0 Å². The van der Waals surface area contributed by atoms with Crippen LogP contribution in [0.25, 0.3) is 0 Å². The van der Waals surface area contributed by atoms with Gasteiger partial charge < -0.3 is 11.1 Å². The zero-order valence-electron chi connectivity index (χ0n) is 11.3. The number of carbonyl (C=O) groups excluding carboxylic acids is 1. The van der Waals surface area contributed by atoms with Crippen molar-refractivity contribution >= 4 is 46.1 Å². The number of hydrogen-bond donors (Lipinski definition) is 2. The Labute approximate surface area is 133 Å². The molecule has 0 bridgehead atoms. The van der Waals surface area contributed by atoms with Crippen molar-refractivity contribution in [2.75, 3.05) is 0 Å². The van der Waals surface area contributed by atoms with E-state index in [4.69, 9.17) is 29.6 Å². The van der Waals surface area contributed by atoms with Crippen LogP contribution in [-0.2, 0) is 0 Å². The molecular weight excluding hydrogens is 312 g/mol. The molecule has 20 heavy (non-hydrogen) atoms. The fourth-order valence-corrected chi connectivity index (χ4v) is 3.85. The van der Waals surface area contributed by atoms with Gasteiger partial charge in [-0.3, -0.25) is 4.79 Å². The number of halogens is 1. The SMILES string of the molecule is NC(=S)C1(NC(=O)c2ccc(Cl)s2)CCCCCCC1. The molecular formula is C14H19ClN2OS2. The molecule has 0 atom stereocenters. The van der Waals surface area contributed by atoms with E-state index in [0.29, 0.717) is 14.2 Å². The highest BCUT2D eigenvalue weighted by atomic mass is 35.5. The molecule has 3 nitrogen and oxygen atoms in total. The highest BCUT2D eigenvalue weighted by molar-refractivity contribution is 7.80. The van der Waals surface area contributed by atoms with Gasteiger partial charge in [0.15, 0.2) is 0 Å². The van der Waals surface area contributed by atoms with Gasteiger partial charge in [0.25, 0.3) is 5.91 Å². The van der Waals surface area contributed by atoms with Crippen molar-refractivity contribution in [2.45, 2.75) is 50.5 Å². The minimum Gasteiger partial charge on any atom is -0.391 e. The van der Waals surface area contributed by atoms with Crippen molar-refractivity contribution < 1.29 is 4.79 Å². The van der Waals surface area contributed by atoms with Gasteiger partial charge in [-0.2, -0.15) is 0 Å². The van der Waals surface area contributed by atoms with Crippen LogP contribution in [0.2, 0.25) is 4.34 Å². The highest BCUT2D eigenvalue weighted by Gasteiger charge is 2.35. The van der Waals surface area contributed by atoms with E-state index in [1.807, 2.05) is 0 Å². The lowest BCUT2D eigenvalue weighted by Gasteiger charge is -2.35. The molecule has 1 amide bonds. The van der Waals surface area contributed by atoms with Crippen molar-refractivity contribution in [3.63, 3.8) is 0 Å². The van der Waals surface area contributed by atoms with Crippen LogP contribution in [0.3, 0.4) is 0 Å². The number of amides is 1. The fraction of sp³-hybridized carbons (Fsp3) is 0.571. The lowest BCUT2D eigenvalue weighted by Crippen LogP contribution is -2.56. The summed E-state index contributed by atoms with van der Waals surface area (Å²) in [5.74, 6) is -0.129. The number of nitrogens with two attached hydrogens (primary N) is 1. The van der Waals surface area contributed by atoms with Crippen LogP contribution in [0.5, 0.6) is 0 Å². The zero-order valence-corrected chi connectivity index (χ0v) is 13.7. The average Bonchev–Trinajstić information content (AvgIpc) is 2.79. The fourth-order valence-electron chi connectivity index (χ4n) is 2.66. The molecule has 2 rings (SSSR count). The summed E-state index contributed by atoms with van der Waals surface area (Å²) in [7, 11) is 0.